The van der Waals surface area contributed by atoms with Crippen molar-refractivity contribution in [1.82, 2.24) is 0 Å². The molecule has 0 bridgehead atoms. The molecule has 0 aromatic heterocycles. The summed E-state index contributed by atoms with van der Waals surface area (Å²) >= 11 is 7.12. The van der Waals surface area contributed by atoms with Crippen molar-refractivity contribution in [2.45, 2.75) is 0 Å². The van der Waals surface area contributed by atoms with Crippen molar-refractivity contribution in [3.05, 3.63) is 21.1 Å². The standard InChI is InChI=1S/C10H14Br2N2/c1-13(2)9-5-8(12)10(14(3)4)6-7(9)11/h5-6H,1-4H3. The van der Waals surface area contributed by atoms with Gasteiger partial charge in [-0.05, 0) is 44.0 Å². The van der Waals surface area contributed by atoms with Crippen molar-refractivity contribution in [2.75, 3.05) is 38.0 Å². The molecule has 1 aromatic rings. The molecule has 0 aliphatic rings. The molecule has 0 amide bonds. The van der Waals surface area contributed by atoms with Crippen molar-refractivity contribution in [3.63, 3.8) is 0 Å². The fourth-order valence-corrected chi connectivity index (χ4v) is 2.58. The molecule has 0 fully saturated rings. The first-order valence-electron chi connectivity index (χ1n) is 4.27. The van der Waals surface area contributed by atoms with Gasteiger partial charge in [-0.2, -0.15) is 0 Å². The van der Waals surface area contributed by atoms with E-state index in [-0.39, 0.29) is 0 Å². The highest BCUT2D eigenvalue weighted by Gasteiger charge is 2.08. The minimum atomic E-state index is 1.11. The van der Waals surface area contributed by atoms with Crippen molar-refractivity contribution >= 4 is 43.2 Å². The zero-order valence-corrected chi connectivity index (χ0v) is 12.0. The lowest BCUT2D eigenvalue weighted by molar-refractivity contribution is 1.10. The van der Waals surface area contributed by atoms with Gasteiger partial charge in [0.2, 0.25) is 0 Å². The van der Waals surface area contributed by atoms with Crippen LogP contribution >= 0.6 is 31.9 Å². The molecular weight excluding hydrogens is 308 g/mol. The highest BCUT2D eigenvalue weighted by molar-refractivity contribution is 9.11. The molecule has 14 heavy (non-hydrogen) atoms. The second kappa shape index (κ2) is 4.53. The first kappa shape index (κ1) is 11.9. The Morgan fingerprint density at radius 1 is 0.786 bits per heavy atom. The summed E-state index contributed by atoms with van der Waals surface area (Å²) in [6.07, 6.45) is 0. The van der Waals surface area contributed by atoms with E-state index < -0.39 is 0 Å². The molecule has 0 unspecified atom stereocenters. The topological polar surface area (TPSA) is 6.48 Å². The molecule has 0 saturated heterocycles. The van der Waals surface area contributed by atoms with E-state index in [1.54, 1.807) is 0 Å². The first-order valence-corrected chi connectivity index (χ1v) is 5.85. The van der Waals surface area contributed by atoms with Crippen LogP contribution in [0.4, 0.5) is 11.4 Å². The predicted molar refractivity (Wildman–Crippen MR) is 70.5 cm³/mol. The van der Waals surface area contributed by atoms with Gasteiger partial charge in [0.25, 0.3) is 0 Å². The molecule has 0 N–H and O–H groups in total. The van der Waals surface area contributed by atoms with Crippen LogP contribution in [-0.4, -0.2) is 28.2 Å². The van der Waals surface area contributed by atoms with Crippen LogP contribution in [0.25, 0.3) is 0 Å². The minimum absolute atomic E-state index is 1.11. The maximum atomic E-state index is 3.56. The van der Waals surface area contributed by atoms with Gasteiger partial charge in [0.1, 0.15) is 0 Å². The van der Waals surface area contributed by atoms with Crippen LogP contribution in [-0.2, 0) is 0 Å². The number of halogens is 2. The molecule has 2 nitrogen and oxygen atoms in total. The van der Waals surface area contributed by atoms with Crippen molar-refractivity contribution < 1.29 is 0 Å². The number of rotatable bonds is 2. The maximum absolute atomic E-state index is 3.56. The molecule has 0 heterocycles. The van der Waals surface area contributed by atoms with Crippen molar-refractivity contribution in [2.24, 2.45) is 0 Å². The molecular formula is C10H14Br2N2. The SMILES string of the molecule is CN(C)c1cc(Br)c(N(C)C)cc1Br. The number of hydrogen-bond acceptors (Lipinski definition) is 2. The van der Waals surface area contributed by atoms with E-state index in [1.165, 1.54) is 11.4 Å². The van der Waals surface area contributed by atoms with E-state index >= 15 is 0 Å². The Balaban J connectivity index is 3.24. The van der Waals surface area contributed by atoms with Gasteiger partial charge in [0, 0.05) is 37.1 Å². The zero-order chi connectivity index (χ0) is 10.9. The smallest absolute Gasteiger partial charge is 0.0518 e. The van der Waals surface area contributed by atoms with Crippen LogP contribution in [0.15, 0.2) is 21.1 Å². The molecule has 0 saturated carbocycles. The average molecular weight is 322 g/mol. The van der Waals surface area contributed by atoms with Crippen LogP contribution in [0.5, 0.6) is 0 Å². The van der Waals surface area contributed by atoms with Crippen LogP contribution in [0.2, 0.25) is 0 Å². The van der Waals surface area contributed by atoms with Gasteiger partial charge in [-0.15, -0.1) is 0 Å². The van der Waals surface area contributed by atoms with Crippen LogP contribution in [0.1, 0.15) is 0 Å². The Morgan fingerprint density at radius 2 is 1.07 bits per heavy atom. The fraction of sp³-hybridized carbons (Fsp3) is 0.400. The lowest BCUT2D eigenvalue weighted by Gasteiger charge is -2.20. The number of anilines is 2. The van der Waals surface area contributed by atoms with Gasteiger partial charge < -0.3 is 9.80 Å². The number of hydrogen-bond donors (Lipinski definition) is 0. The summed E-state index contributed by atoms with van der Waals surface area (Å²) in [6, 6.07) is 4.22. The van der Waals surface area contributed by atoms with E-state index in [0.717, 1.165) is 8.95 Å². The minimum Gasteiger partial charge on any atom is -0.377 e. The van der Waals surface area contributed by atoms with Gasteiger partial charge >= 0.3 is 0 Å². The van der Waals surface area contributed by atoms with E-state index in [9.17, 15) is 0 Å². The quantitative estimate of drug-likeness (QED) is 0.824. The summed E-state index contributed by atoms with van der Waals surface area (Å²) in [6.45, 7) is 0. The molecule has 78 valence electrons. The normalized spacial score (nSPS) is 10.1. The van der Waals surface area contributed by atoms with Gasteiger partial charge in [-0.3, -0.25) is 0 Å². The van der Waals surface area contributed by atoms with Crippen molar-refractivity contribution in [3.8, 4) is 0 Å². The van der Waals surface area contributed by atoms with Crippen LogP contribution in [0.3, 0.4) is 0 Å². The van der Waals surface area contributed by atoms with E-state index in [1.807, 2.05) is 28.2 Å². The Labute approximate surface area is 102 Å². The molecule has 0 aliphatic heterocycles. The highest BCUT2D eigenvalue weighted by Crippen LogP contribution is 2.35. The van der Waals surface area contributed by atoms with Gasteiger partial charge in [0.05, 0.1) is 11.4 Å². The summed E-state index contributed by atoms with van der Waals surface area (Å²) in [5, 5.41) is 0. The molecule has 4 heteroatoms. The summed E-state index contributed by atoms with van der Waals surface area (Å²) in [7, 11) is 8.12. The lowest BCUT2D eigenvalue weighted by atomic mass is 10.2. The number of benzene rings is 1. The summed E-state index contributed by atoms with van der Waals surface area (Å²) in [4.78, 5) is 4.16. The Hall–Kier alpha value is -0.220. The first-order chi connectivity index (χ1) is 6.43. The summed E-state index contributed by atoms with van der Waals surface area (Å²) in [5.41, 5.74) is 2.34. The van der Waals surface area contributed by atoms with Crippen LogP contribution < -0.4 is 9.80 Å². The van der Waals surface area contributed by atoms with Gasteiger partial charge in [-0.25, -0.2) is 0 Å². The van der Waals surface area contributed by atoms with E-state index in [0.29, 0.717) is 0 Å². The highest BCUT2D eigenvalue weighted by atomic mass is 79.9. The average Bonchev–Trinajstić information content (AvgIpc) is 2.07. The van der Waals surface area contributed by atoms with E-state index in [2.05, 4.69) is 53.8 Å². The summed E-state index contributed by atoms with van der Waals surface area (Å²) in [5.74, 6) is 0. The third-order valence-electron chi connectivity index (χ3n) is 1.98. The summed E-state index contributed by atoms with van der Waals surface area (Å²) < 4.78 is 2.21. The fourth-order valence-electron chi connectivity index (χ4n) is 1.21. The van der Waals surface area contributed by atoms with Gasteiger partial charge in [-0.1, -0.05) is 0 Å². The second-order valence-electron chi connectivity index (χ2n) is 3.54. The molecule has 0 aliphatic carbocycles. The monoisotopic (exact) mass is 320 g/mol. The molecule has 1 aromatic carbocycles. The molecule has 0 atom stereocenters. The third kappa shape index (κ3) is 2.42. The van der Waals surface area contributed by atoms with Crippen molar-refractivity contribution in [1.29, 1.82) is 0 Å². The molecule has 0 radical (unpaired) electrons. The predicted octanol–water partition coefficient (Wildman–Crippen LogP) is 3.34. The van der Waals surface area contributed by atoms with Gasteiger partial charge in [0.15, 0.2) is 0 Å². The Kier molecular flexibility index (Phi) is 3.84. The molecule has 1 rings (SSSR count). The van der Waals surface area contributed by atoms with E-state index in [4.69, 9.17) is 0 Å². The molecule has 0 spiro atoms. The Bertz CT molecular complexity index is 301. The second-order valence-corrected chi connectivity index (χ2v) is 5.25. The number of nitrogens with zero attached hydrogens (tertiary/aromatic N) is 2. The maximum Gasteiger partial charge on any atom is 0.0518 e. The zero-order valence-electron chi connectivity index (χ0n) is 8.81. The van der Waals surface area contributed by atoms with Crippen LogP contribution in [0, 0.1) is 0 Å². The third-order valence-corrected chi connectivity index (χ3v) is 3.25. The Morgan fingerprint density at radius 3 is 1.29 bits per heavy atom. The largest absolute Gasteiger partial charge is 0.377 e. The lowest BCUT2D eigenvalue weighted by Crippen LogP contribution is -2.12.